The molecule has 0 spiro atoms. The van der Waals surface area contributed by atoms with Crippen molar-refractivity contribution >= 4 is 0 Å². The highest BCUT2D eigenvalue weighted by Gasteiger charge is 2.19. The Balaban J connectivity index is 1.41. The minimum absolute atomic E-state index is 1.02. The molecule has 0 amide bonds. The molecule has 14 heavy (non-hydrogen) atoms. The van der Waals surface area contributed by atoms with Gasteiger partial charge < -0.3 is 15.5 Å². The Bertz CT molecular complexity index is 151. The lowest BCUT2D eigenvalue weighted by atomic mass is 10.3. The highest BCUT2D eigenvalue weighted by molar-refractivity contribution is 4.75. The summed E-state index contributed by atoms with van der Waals surface area (Å²) < 4.78 is 0. The predicted molar refractivity (Wildman–Crippen MR) is 59.5 cm³/mol. The van der Waals surface area contributed by atoms with Crippen molar-refractivity contribution in [2.24, 2.45) is 5.92 Å². The van der Waals surface area contributed by atoms with E-state index in [0.717, 1.165) is 5.92 Å². The largest absolute Gasteiger partial charge is 0.316 e. The summed E-state index contributed by atoms with van der Waals surface area (Å²) in [6.07, 6.45) is 4.24. The average Bonchev–Trinajstić information content (AvgIpc) is 3.03. The van der Waals surface area contributed by atoms with Gasteiger partial charge >= 0.3 is 0 Å². The van der Waals surface area contributed by atoms with E-state index >= 15 is 0 Å². The first kappa shape index (κ1) is 10.4. The van der Waals surface area contributed by atoms with Crippen LogP contribution in [0.4, 0.5) is 0 Å². The Kier molecular flexibility index (Phi) is 4.22. The molecule has 2 fully saturated rings. The van der Waals surface area contributed by atoms with Crippen LogP contribution in [0.3, 0.4) is 0 Å². The first-order chi connectivity index (χ1) is 6.95. The Morgan fingerprint density at radius 3 is 2.71 bits per heavy atom. The molecule has 3 heteroatoms. The number of piperazine rings is 1. The summed E-state index contributed by atoms with van der Waals surface area (Å²) in [5, 5.41) is 6.93. The summed E-state index contributed by atoms with van der Waals surface area (Å²) in [5.41, 5.74) is 0. The van der Waals surface area contributed by atoms with Crippen molar-refractivity contribution in [2.75, 3.05) is 45.8 Å². The van der Waals surface area contributed by atoms with Crippen LogP contribution in [0.2, 0.25) is 0 Å². The van der Waals surface area contributed by atoms with Crippen molar-refractivity contribution in [2.45, 2.75) is 19.3 Å². The van der Waals surface area contributed by atoms with E-state index < -0.39 is 0 Å². The third kappa shape index (κ3) is 3.95. The van der Waals surface area contributed by atoms with Crippen LogP contribution in [0.1, 0.15) is 19.3 Å². The minimum Gasteiger partial charge on any atom is -0.316 e. The van der Waals surface area contributed by atoms with E-state index in [9.17, 15) is 0 Å². The van der Waals surface area contributed by atoms with Gasteiger partial charge in [0.25, 0.3) is 0 Å². The van der Waals surface area contributed by atoms with E-state index in [2.05, 4.69) is 15.5 Å². The lowest BCUT2D eigenvalue weighted by molar-refractivity contribution is 0.237. The van der Waals surface area contributed by atoms with Gasteiger partial charge in [-0.3, -0.25) is 0 Å². The Hall–Kier alpha value is -0.120. The Morgan fingerprint density at radius 2 is 2.00 bits per heavy atom. The van der Waals surface area contributed by atoms with Crippen LogP contribution in [0.5, 0.6) is 0 Å². The lowest BCUT2D eigenvalue weighted by Gasteiger charge is -2.27. The molecule has 1 saturated carbocycles. The van der Waals surface area contributed by atoms with Crippen molar-refractivity contribution in [3.8, 4) is 0 Å². The van der Waals surface area contributed by atoms with Gasteiger partial charge in [-0.2, -0.15) is 0 Å². The van der Waals surface area contributed by atoms with Crippen LogP contribution >= 0.6 is 0 Å². The summed E-state index contributed by atoms with van der Waals surface area (Å²) >= 11 is 0. The second-order valence-electron chi connectivity index (χ2n) is 4.59. The molecular formula is C11H23N3. The fourth-order valence-corrected chi connectivity index (χ4v) is 1.99. The van der Waals surface area contributed by atoms with Crippen molar-refractivity contribution in [3.63, 3.8) is 0 Å². The first-order valence-electron chi connectivity index (χ1n) is 6.09. The number of hydrogen-bond acceptors (Lipinski definition) is 3. The fourth-order valence-electron chi connectivity index (χ4n) is 1.99. The molecule has 2 aliphatic rings. The van der Waals surface area contributed by atoms with E-state index in [1.165, 1.54) is 65.1 Å². The van der Waals surface area contributed by atoms with Crippen molar-refractivity contribution < 1.29 is 0 Å². The van der Waals surface area contributed by atoms with Gasteiger partial charge in [-0.15, -0.1) is 0 Å². The highest BCUT2D eigenvalue weighted by Crippen LogP contribution is 2.27. The maximum atomic E-state index is 3.54. The zero-order valence-electron chi connectivity index (χ0n) is 9.10. The van der Waals surface area contributed by atoms with Gasteiger partial charge in [0.05, 0.1) is 0 Å². The second kappa shape index (κ2) is 5.69. The molecule has 2 rings (SSSR count). The van der Waals surface area contributed by atoms with Crippen LogP contribution in [0.25, 0.3) is 0 Å². The number of nitrogens with one attached hydrogen (secondary N) is 2. The zero-order valence-corrected chi connectivity index (χ0v) is 9.10. The molecule has 3 nitrogen and oxygen atoms in total. The van der Waals surface area contributed by atoms with Crippen molar-refractivity contribution in [1.82, 2.24) is 15.5 Å². The van der Waals surface area contributed by atoms with E-state index in [4.69, 9.17) is 0 Å². The van der Waals surface area contributed by atoms with Crippen LogP contribution in [-0.2, 0) is 0 Å². The highest BCUT2D eigenvalue weighted by atomic mass is 15.2. The molecule has 0 atom stereocenters. The normalized spacial score (nSPS) is 24.0. The van der Waals surface area contributed by atoms with Gasteiger partial charge in [-0.1, -0.05) is 0 Å². The SMILES string of the molecule is C(CNCC1CC1)CN1CCNCC1. The first-order valence-corrected chi connectivity index (χ1v) is 6.09. The molecule has 1 aliphatic carbocycles. The van der Waals surface area contributed by atoms with E-state index in [1.54, 1.807) is 0 Å². The number of rotatable bonds is 6. The summed E-state index contributed by atoms with van der Waals surface area (Å²) in [5.74, 6) is 1.02. The second-order valence-corrected chi connectivity index (χ2v) is 4.59. The van der Waals surface area contributed by atoms with Crippen LogP contribution < -0.4 is 10.6 Å². The molecule has 1 heterocycles. The Morgan fingerprint density at radius 1 is 1.21 bits per heavy atom. The van der Waals surface area contributed by atoms with Crippen molar-refractivity contribution in [3.05, 3.63) is 0 Å². The van der Waals surface area contributed by atoms with Crippen LogP contribution in [0, 0.1) is 5.92 Å². The molecule has 0 unspecified atom stereocenters. The molecule has 1 aliphatic heterocycles. The van der Waals surface area contributed by atoms with Gasteiger partial charge in [-0.05, 0) is 44.8 Å². The molecule has 0 aromatic carbocycles. The maximum Gasteiger partial charge on any atom is 0.0107 e. The van der Waals surface area contributed by atoms with Crippen LogP contribution in [0.15, 0.2) is 0 Å². The summed E-state index contributed by atoms with van der Waals surface area (Å²) in [6, 6.07) is 0. The Labute approximate surface area is 87.2 Å². The van der Waals surface area contributed by atoms with Gasteiger partial charge in [0.2, 0.25) is 0 Å². The van der Waals surface area contributed by atoms with Crippen molar-refractivity contribution in [1.29, 1.82) is 0 Å². The molecule has 0 aromatic heterocycles. The smallest absolute Gasteiger partial charge is 0.0107 e. The van der Waals surface area contributed by atoms with Gasteiger partial charge in [0.15, 0.2) is 0 Å². The number of hydrogen-bond donors (Lipinski definition) is 2. The van der Waals surface area contributed by atoms with Gasteiger partial charge in [-0.25, -0.2) is 0 Å². The zero-order chi connectivity index (χ0) is 9.64. The van der Waals surface area contributed by atoms with Crippen LogP contribution in [-0.4, -0.2) is 50.7 Å². The summed E-state index contributed by atoms with van der Waals surface area (Å²) in [7, 11) is 0. The van der Waals surface area contributed by atoms with E-state index in [1.807, 2.05) is 0 Å². The average molecular weight is 197 g/mol. The number of nitrogens with zero attached hydrogens (tertiary/aromatic N) is 1. The fraction of sp³-hybridized carbons (Fsp3) is 1.00. The van der Waals surface area contributed by atoms with Gasteiger partial charge in [0.1, 0.15) is 0 Å². The topological polar surface area (TPSA) is 27.3 Å². The van der Waals surface area contributed by atoms with E-state index in [0.29, 0.717) is 0 Å². The summed E-state index contributed by atoms with van der Waals surface area (Å²) in [4.78, 5) is 2.56. The lowest BCUT2D eigenvalue weighted by Crippen LogP contribution is -2.44. The minimum atomic E-state index is 1.02. The standard InChI is InChI=1S/C11H23N3/c1(4-13-10-11-2-3-11)7-14-8-5-12-6-9-14/h11-13H,1-10H2. The molecular weight excluding hydrogens is 174 g/mol. The summed E-state index contributed by atoms with van der Waals surface area (Å²) in [6.45, 7) is 8.58. The maximum absolute atomic E-state index is 3.54. The van der Waals surface area contributed by atoms with Gasteiger partial charge in [0, 0.05) is 26.2 Å². The molecule has 0 bridgehead atoms. The molecule has 2 N–H and O–H groups in total. The quantitative estimate of drug-likeness (QED) is 0.599. The molecule has 0 radical (unpaired) electrons. The van der Waals surface area contributed by atoms with E-state index in [-0.39, 0.29) is 0 Å². The molecule has 82 valence electrons. The monoisotopic (exact) mass is 197 g/mol. The third-order valence-electron chi connectivity index (χ3n) is 3.17. The third-order valence-corrected chi connectivity index (χ3v) is 3.17. The molecule has 0 aromatic rings. The predicted octanol–water partition coefficient (Wildman–Crippen LogP) is 0.281. The molecule has 1 saturated heterocycles.